The zero-order valence-corrected chi connectivity index (χ0v) is 10.1. The summed E-state index contributed by atoms with van der Waals surface area (Å²) in [5.74, 6) is 0. The summed E-state index contributed by atoms with van der Waals surface area (Å²) < 4.78 is 26.1. The standard InChI is InChI=1S/C11H14BrF2N/c1-2-15-10(11(13)14)7-8-5-3-4-6-9(8)12/h3-6,10-11,15H,2,7H2,1H3. The minimum absolute atomic E-state index is 0.340. The number of likely N-dealkylation sites (N-methyl/N-ethyl adjacent to an activating group) is 1. The van der Waals surface area contributed by atoms with Gasteiger partial charge in [-0.3, -0.25) is 0 Å². The predicted molar refractivity (Wildman–Crippen MR) is 61.3 cm³/mol. The van der Waals surface area contributed by atoms with Gasteiger partial charge >= 0.3 is 0 Å². The van der Waals surface area contributed by atoms with Crippen LogP contribution in [-0.4, -0.2) is 19.0 Å². The fourth-order valence-electron chi connectivity index (χ4n) is 1.41. The Morgan fingerprint density at radius 3 is 2.53 bits per heavy atom. The third kappa shape index (κ3) is 3.87. The molecule has 0 radical (unpaired) electrons. The van der Waals surface area contributed by atoms with Gasteiger partial charge in [-0.2, -0.15) is 0 Å². The topological polar surface area (TPSA) is 12.0 Å². The highest BCUT2D eigenvalue weighted by Gasteiger charge is 2.19. The first kappa shape index (κ1) is 12.6. The lowest BCUT2D eigenvalue weighted by atomic mass is 10.1. The van der Waals surface area contributed by atoms with E-state index in [4.69, 9.17) is 0 Å². The van der Waals surface area contributed by atoms with E-state index in [1.807, 2.05) is 31.2 Å². The molecule has 1 N–H and O–H groups in total. The number of rotatable bonds is 5. The van der Waals surface area contributed by atoms with Crippen LogP contribution in [-0.2, 0) is 6.42 Å². The lowest BCUT2D eigenvalue weighted by Gasteiger charge is -2.17. The summed E-state index contributed by atoms with van der Waals surface area (Å²) in [5, 5.41) is 2.79. The second kappa shape index (κ2) is 6.18. The highest BCUT2D eigenvalue weighted by Crippen LogP contribution is 2.19. The lowest BCUT2D eigenvalue weighted by molar-refractivity contribution is 0.0990. The number of benzene rings is 1. The van der Waals surface area contributed by atoms with Crippen LogP contribution >= 0.6 is 15.9 Å². The molecule has 0 saturated heterocycles. The van der Waals surface area contributed by atoms with Crippen LogP contribution in [0, 0.1) is 0 Å². The van der Waals surface area contributed by atoms with Crippen LogP contribution in [0.4, 0.5) is 8.78 Å². The number of halogens is 3. The molecule has 1 aromatic rings. The first-order valence-electron chi connectivity index (χ1n) is 4.90. The van der Waals surface area contributed by atoms with Crippen LogP contribution < -0.4 is 5.32 Å². The van der Waals surface area contributed by atoms with Gasteiger partial charge < -0.3 is 5.32 Å². The van der Waals surface area contributed by atoms with Gasteiger partial charge in [0.25, 0.3) is 6.43 Å². The van der Waals surface area contributed by atoms with E-state index < -0.39 is 12.5 Å². The SMILES string of the molecule is CCNC(Cc1ccccc1Br)C(F)F. The maximum absolute atomic E-state index is 12.6. The largest absolute Gasteiger partial charge is 0.309 e. The summed E-state index contributed by atoms with van der Waals surface area (Å²) in [6.07, 6.45) is -2.00. The zero-order chi connectivity index (χ0) is 11.3. The van der Waals surface area contributed by atoms with E-state index in [1.165, 1.54) is 0 Å². The van der Waals surface area contributed by atoms with Crippen molar-refractivity contribution in [3.8, 4) is 0 Å². The molecule has 84 valence electrons. The fraction of sp³-hybridized carbons (Fsp3) is 0.455. The predicted octanol–water partition coefficient (Wildman–Crippen LogP) is 3.23. The first-order valence-corrected chi connectivity index (χ1v) is 5.69. The molecule has 0 bridgehead atoms. The van der Waals surface area contributed by atoms with Crippen LogP contribution in [0.25, 0.3) is 0 Å². The molecule has 0 spiro atoms. The van der Waals surface area contributed by atoms with E-state index in [-0.39, 0.29) is 0 Å². The van der Waals surface area contributed by atoms with Gasteiger partial charge in [0.1, 0.15) is 0 Å². The monoisotopic (exact) mass is 277 g/mol. The highest BCUT2D eigenvalue weighted by molar-refractivity contribution is 9.10. The summed E-state index contributed by atoms with van der Waals surface area (Å²) in [5.41, 5.74) is 0.906. The Morgan fingerprint density at radius 2 is 2.00 bits per heavy atom. The van der Waals surface area contributed by atoms with Crippen molar-refractivity contribution in [2.75, 3.05) is 6.54 Å². The summed E-state index contributed by atoms with van der Waals surface area (Å²) in [7, 11) is 0. The summed E-state index contributed by atoms with van der Waals surface area (Å²) in [6.45, 7) is 2.38. The third-order valence-corrected chi connectivity index (χ3v) is 2.94. The number of nitrogens with one attached hydrogen (secondary N) is 1. The molecule has 1 aromatic carbocycles. The van der Waals surface area contributed by atoms with Crippen molar-refractivity contribution in [2.45, 2.75) is 25.8 Å². The second-order valence-corrected chi connectivity index (χ2v) is 4.15. The third-order valence-electron chi connectivity index (χ3n) is 2.17. The van der Waals surface area contributed by atoms with Crippen molar-refractivity contribution in [1.82, 2.24) is 5.32 Å². The van der Waals surface area contributed by atoms with E-state index in [0.29, 0.717) is 13.0 Å². The molecular formula is C11H14BrF2N. The van der Waals surface area contributed by atoms with Gasteiger partial charge in [0, 0.05) is 4.47 Å². The molecule has 4 heteroatoms. The average Bonchev–Trinajstić information content (AvgIpc) is 2.20. The van der Waals surface area contributed by atoms with E-state index in [9.17, 15) is 8.78 Å². The first-order chi connectivity index (χ1) is 7.15. The number of alkyl halides is 2. The van der Waals surface area contributed by atoms with Crippen molar-refractivity contribution < 1.29 is 8.78 Å². The van der Waals surface area contributed by atoms with Crippen LogP contribution in [0.15, 0.2) is 28.7 Å². The fourth-order valence-corrected chi connectivity index (χ4v) is 1.86. The number of hydrogen-bond donors (Lipinski definition) is 1. The van der Waals surface area contributed by atoms with Gasteiger partial charge in [0.2, 0.25) is 0 Å². The quantitative estimate of drug-likeness (QED) is 0.872. The summed E-state index contributed by atoms with van der Waals surface area (Å²) >= 11 is 3.35. The Morgan fingerprint density at radius 1 is 1.33 bits per heavy atom. The molecule has 0 saturated carbocycles. The molecule has 0 aliphatic heterocycles. The molecule has 0 amide bonds. The molecular weight excluding hydrogens is 264 g/mol. The lowest BCUT2D eigenvalue weighted by Crippen LogP contribution is -2.37. The van der Waals surface area contributed by atoms with Gasteiger partial charge in [-0.05, 0) is 24.6 Å². The van der Waals surface area contributed by atoms with E-state index in [2.05, 4.69) is 21.2 Å². The Hall–Kier alpha value is -0.480. The molecule has 0 aliphatic carbocycles. The van der Waals surface area contributed by atoms with Crippen LogP contribution in [0.1, 0.15) is 12.5 Å². The molecule has 1 nitrogen and oxygen atoms in total. The molecule has 1 rings (SSSR count). The molecule has 1 unspecified atom stereocenters. The van der Waals surface area contributed by atoms with Crippen LogP contribution in [0.3, 0.4) is 0 Å². The smallest absolute Gasteiger partial charge is 0.254 e. The number of hydrogen-bond acceptors (Lipinski definition) is 1. The molecule has 15 heavy (non-hydrogen) atoms. The molecule has 0 heterocycles. The molecule has 0 aromatic heterocycles. The normalized spacial score (nSPS) is 13.1. The zero-order valence-electron chi connectivity index (χ0n) is 8.51. The van der Waals surface area contributed by atoms with Crippen molar-refractivity contribution in [2.24, 2.45) is 0 Å². The Labute approximate surface area is 97.0 Å². The molecule has 1 atom stereocenters. The van der Waals surface area contributed by atoms with E-state index in [1.54, 1.807) is 0 Å². The van der Waals surface area contributed by atoms with Gasteiger partial charge in [0.15, 0.2) is 0 Å². The second-order valence-electron chi connectivity index (χ2n) is 3.29. The summed E-state index contributed by atoms with van der Waals surface area (Å²) in [4.78, 5) is 0. The Bertz CT molecular complexity index is 304. The van der Waals surface area contributed by atoms with Crippen molar-refractivity contribution in [3.05, 3.63) is 34.3 Å². The summed E-state index contributed by atoms with van der Waals surface area (Å²) in [6, 6.07) is 6.68. The highest BCUT2D eigenvalue weighted by atomic mass is 79.9. The minimum Gasteiger partial charge on any atom is -0.309 e. The van der Waals surface area contributed by atoms with Gasteiger partial charge in [-0.25, -0.2) is 8.78 Å². The van der Waals surface area contributed by atoms with Gasteiger partial charge in [0.05, 0.1) is 6.04 Å². The van der Waals surface area contributed by atoms with Gasteiger partial charge in [-0.15, -0.1) is 0 Å². The van der Waals surface area contributed by atoms with Crippen molar-refractivity contribution >= 4 is 15.9 Å². The van der Waals surface area contributed by atoms with Crippen LogP contribution in [0.2, 0.25) is 0 Å². The van der Waals surface area contributed by atoms with E-state index >= 15 is 0 Å². The van der Waals surface area contributed by atoms with Crippen molar-refractivity contribution in [1.29, 1.82) is 0 Å². The van der Waals surface area contributed by atoms with Crippen molar-refractivity contribution in [3.63, 3.8) is 0 Å². The van der Waals surface area contributed by atoms with Crippen LogP contribution in [0.5, 0.6) is 0 Å². The average molecular weight is 278 g/mol. The maximum Gasteiger partial charge on any atom is 0.254 e. The minimum atomic E-state index is -2.34. The maximum atomic E-state index is 12.6. The Balaban J connectivity index is 2.69. The van der Waals surface area contributed by atoms with E-state index in [0.717, 1.165) is 10.0 Å². The Kier molecular flexibility index (Phi) is 5.19. The molecule has 0 aliphatic rings. The van der Waals surface area contributed by atoms with Gasteiger partial charge in [-0.1, -0.05) is 41.1 Å². The molecule has 0 fully saturated rings.